The summed E-state index contributed by atoms with van der Waals surface area (Å²) in [6.45, 7) is 0. The van der Waals surface area contributed by atoms with Gasteiger partial charge in [-0.3, -0.25) is 9.59 Å². The number of carbonyl (C=O) groups is 2. The van der Waals surface area contributed by atoms with Gasteiger partial charge >= 0.3 is 0 Å². The van der Waals surface area contributed by atoms with Crippen LogP contribution in [0.25, 0.3) is 0 Å². The zero-order valence-corrected chi connectivity index (χ0v) is 18.3. The van der Waals surface area contributed by atoms with E-state index in [4.69, 9.17) is 4.42 Å². The van der Waals surface area contributed by atoms with Gasteiger partial charge in [0.15, 0.2) is 0 Å². The van der Waals surface area contributed by atoms with E-state index in [1.165, 1.54) is 38.5 Å². The van der Waals surface area contributed by atoms with E-state index in [-0.39, 0.29) is 22.6 Å². The number of furan rings is 1. The fourth-order valence-electron chi connectivity index (χ4n) is 9.78. The maximum absolute atomic E-state index is 13.5. The maximum atomic E-state index is 13.5. The van der Waals surface area contributed by atoms with E-state index in [1.807, 2.05) is 0 Å². The summed E-state index contributed by atoms with van der Waals surface area (Å²) >= 11 is 0. The van der Waals surface area contributed by atoms with Crippen molar-refractivity contribution >= 4 is 23.2 Å². The lowest BCUT2D eigenvalue weighted by Gasteiger charge is -2.55. The van der Waals surface area contributed by atoms with E-state index in [0.717, 1.165) is 74.0 Å². The largest absolute Gasteiger partial charge is 0.468 e. The molecule has 8 aliphatic carbocycles. The minimum absolute atomic E-state index is 0.151. The second kappa shape index (κ2) is 6.39. The molecule has 1 heterocycles. The summed E-state index contributed by atoms with van der Waals surface area (Å²) in [5.41, 5.74) is 0.873. The first-order chi connectivity index (χ1) is 15.0. The highest BCUT2D eigenvalue weighted by Crippen LogP contribution is 2.61. The Morgan fingerprint density at radius 2 is 0.903 bits per heavy atom. The van der Waals surface area contributed by atoms with Crippen molar-refractivity contribution in [2.24, 2.45) is 46.3 Å². The molecular weight excluding hydrogens is 388 g/mol. The normalized spacial score (nSPS) is 46.3. The maximum Gasteiger partial charge on any atom is 0.230 e. The molecule has 2 amide bonds. The van der Waals surface area contributed by atoms with Crippen LogP contribution in [-0.4, -0.2) is 11.8 Å². The summed E-state index contributed by atoms with van der Waals surface area (Å²) in [6, 6.07) is 0. The average Bonchev–Trinajstić information content (AvgIpc) is 3.12. The Bertz CT molecular complexity index is 788. The third kappa shape index (κ3) is 2.87. The van der Waals surface area contributed by atoms with Crippen LogP contribution in [0, 0.1) is 46.3 Å². The first-order valence-electron chi connectivity index (χ1n) is 12.7. The van der Waals surface area contributed by atoms with Gasteiger partial charge in [-0.2, -0.15) is 0 Å². The van der Waals surface area contributed by atoms with Crippen molar-refractivity contribution in [3.8, 4) is 0 Å². The average molecular weight is 423 g/mol. The Labute approximate surface area is 184 Å². The molecule has 0 aromatic carbocycles. The standard InChI is InChI=1S/C26H34N2O3/c29-23(25-7-15-1-16(8-25)3-17(2-15)9-25)27-21-13-31-14-22(21)28-24(30)26-10-18-4-19(11-26)6-20(5-18)12-26/h13-20H,1-12H2,(H,27,29)(H,28,30). The van der Waals surface area contributed by atoms with Gasteiger partial charge in [0.05, 0.1) is 10.8 Å². The summed E-state index contributed by atoms with van der Waals surface area (Å²) in [5.74, 6) is 4.70. The highest BCUT2D eigenvalue weighted by atomic mass is 16.3. The van der Waals surface area contributed by atoms with Gasteiger partial charge in [-0.05, 0) is 113 Å². The van der Waals surface area contributed by atoms with Crippen LogP contribution in [0.1, 0.15) is 77.0 Å². The summed E-state index contributed by atoms with van der Waals surface area (Å²) in [6.07, 6.45) is 17.4. The number of hydrogen-bond donors (Lipinski definition) is 2. The van der Waals surface area contributed by atoms with Gasteiger partial charge in [-0.25, -0.2) is 0 Å². The van der Waals surface area contributed by atoms with Gasteiger partial charge in [0.1, 0.15) is 23.9 Å². The van der Waals surface area contributed by atoms with Crippen molar-refractivity contribution in [1.82, 2.24) is 0 Å². The van der Waals surface area contributed by atoms with Crippen LogP contribution in [-0.2, 0) is 9.59 Å². The van der Waals surface area contributed by atoms with Gasteiger partial charge in [0.2, 0.25) is 11.8 Å². The summed E-state index contributed by atoms with van der Waals surface area (Å²) in [5, 5.41) is 6.36. The lowest BCUT2D eigenvalue weighted by Crippen LogP contribution is -2.52. The molecule has 2 N–H and O–H groups in total. The minimum atomic E-state index is -0.201. The van der Waals surface area contributed by atoms with Crippen LogP contribution in [0.5, 0.6) is 0 Å². The van der Waals surface area contributed by atoms with Crippen LogP contribution >= 0.6 is 0 Å². The highest BCUT2D eigenvalue weighted by Gasteiger charge is 2.56. The fraction of sp³-hybridized carbons (Fsp3) is 0.769. The number of anilines is 2. The number of hydrogen-bond acceptors (Lipinski definition) is 3. The second-order valence-electron chi connectivity index (χ2n) is 12.5. The van der Waals surface area contributed by atoms with E-state index in [9.17, 15) is 9.59 Å². The molecule has 8 saturated carbocycles. The van der Waals surface area contributed by atoms with E-state index < -0.39 is 0 Å². The number of nitrogens with one attached hydrogen (secondary N) is 2. The van der Waals surface area contributed by atoms with Crippen LogP contribution in [0.4, 0.5) is 11.4 Å². The van der Waals surface area contributed by atoms with Crippen molar-refractivity contribution < 1.29 is 14.0 Å². The van der Waals surface area contributed by atoms with Crippen molar-refractivity contribution in [2.45, 2.75) is 77.0 Å². The minimum Gasteiger partial charge on any atom is -0.468 e. The van der Waals surface area contributed by atoms with E-state index in [1.54, 1.807) is 12.5 Å². The van der Waals surface area contributed by atoms with Crippen molar-refractivity contribution in [2.75, 3.05) is 10.6 Å². The molecule has 166 valence electrons. The van der Waals surface area contributed by atoms with Crippen LogP contribution in [0.2, 0.25) is 0 Å². The van der Waals surface area contributed by atoms with E-state index in [0.29, 0.717) is 11.4 Å². The van der Waals surface area contributed by atoms with Gasteiger partial charge in [-0.15, -0.1) is 0 Å². The molecule has 5 heteroatoms. The SMILES string of the molecule is O=C(Nc1cocc1NC(=O)C12CC3CC(CC(C3)C1)C2)C12CC3CC(CC(C3)C1)C2. The number of rotatable bonds is 4. The zero-order valence-electron chi connectivity index (χ0n) is 18.3. The molecule has 0 radical (unpaired) electrons. The highest BCUT2D eigenvalue weighted by molar-refractivity contribution is 6.03. The molecule has 8 aliphatic rings. The Morgan fingerprint density at radius 3 is 1.19 bits per heavy atom. The molecule has 8 bridgehead atoms. The third-order valence-corrected chi connectivity index (χ3v) is 10.2. The van der Waals surface area contributed by atoms with Crippen molar-refractivity contribution in [1.29, 1.82) is 0 Å². The molecule has 0 spiro atoms. The van der Waals surface area contributed by atoms with E-state index in [2.05, 4.69) is 10.6 Å². The molecule has 8 fully saturated rings. The lowest BCUT2D eigenvalue weighted by molar-refractivity contribution is -0.141. The van der Waals surface area contributed by atoms with Crippen LogP contribution < -0.4 is 10.6 Å². The van der Waals surface area contributed by atoms with E-state index >= 15 is 0 Å². The van der Waals surface area contributed by atoms with Crippen LogP contribution in [0.15, 0.2) is 16.9 Å². The molecule has 31 heavy (non-hydrogen) atoms. The molecule has 1 aromatic rings. The van der Waals surface area contributed by atoms with Crippen molar-refractivity contribution in [3.05, 3.63) is 12.5 Å². The predicted octanol–water partition coefficient (Wildman–Crippen LogP) is 5.59. The topological polar surface area (TPSA) is 71.3 Å². The second-order valence-corrected chi connectivity index (χ2v) is 12.5. The lowest BCUT2D eigenvalue weighted by atomic mass is 9.49. The fourth-order valence-corrected chi connectivity index (χ4v) is 9.78. The predicted molar refractivity (Wildman–Crippen MR) is 117 cm³/mol. The summed E-state index contributed by atoms with van der Waals surface area (Å²) in [4.78, 5) is 26.9. The zero-order chi connectivity index (χ0) is 20.8. The Balaban J connectivity index is 1.08. The molecule has 0 unspecified atom stereocenters. The Kier molecular flexibility index (Phi) is 3.86. The third-order valence-electron chi connectivity index (χ3n) is 10.2. The summed E-state index contributed by atoms with van der Waals surface area (Å²) < 4.78 is 5.46. The monoisotopic (exact) mass is 422 g/mol. The van der Waals surface area contributed by atoms with Gasteiger partial charge in [-0.1, -0.05) is 0 Å². The molecule has 1 aromatic heterocycles. The van der Waals surface area contributed by atoms with Gasteiger partial charge < -0.3 is 15.1 Å². The molecule has 5 nitrogen and oxygen atoms in total. The smallest absolute Gasteiger partial charge is 0.230 e. The summed E-state index contributed by atoms with van der Waals surface area (Å²) in [7, 11) is 0. The molecule has 0 atom stereocenters. The Morgan fingerprint density at radius 1 is 0.613 bits per heavy atom. The molecule has 9 rings (SSSR count). The van der Waals surface area contributed by atoms with Crippen molar-refractivity contribution in [3.63, 3.8) is 0 Å². The first-order valence-corrected chi connectivity index (χ1v) is 12.7. The molecule has 0 aliphatic heterocycles. The van der Waals surface area contributed by atoms with Gasteiger partial charge in [0, 0.05) is 0 Å². The molecular formula is C26H34N2O3. The Hall–Kier alpha value is -1.78. The molecule has 0 saturated heterocycles. The number of amides is 2. The van der Waals surface area contributed by atoms with Gasteiger partial charge in [0.25, 0.3) is 0 Å². The van der Waals surface area contributed by atoms with Crippen LogP contribution in [0.3, 0.4) is 0 Å². The number of carbonyl (C=O) groups excluding carboxylic acids is 2. The first kappa shape index (κ1) is 18.8. The quantitative estimate of drug-likeness (QED) is 0.664.